The second kappa shape index (κ2) is 8.14. The van der Waals surface area contributed by atoms with Crippen LogP contribution in [0.3, 0.4) is 0 Å². The number of ether oxygens (including phenoxy) is 2. The van der Waals surface area contributed by atoms with E-state index in [9.17, 15) is 9.18 Å². The van der Waals surface area contributed by atoms with Gasteiger partial charge in [-0.05, 0) is 35.9 Å². The lowest BCUT2D eigenvalue weighted by atomic mass is 10.1. The Balaban J connectivity index is 1.30. The average molecular weight is 400 g/mol. The highest BCUT2D eigenvalue weighted by atomic mass is 32.1. The fourth-order valence-electron chi connectivity index (χ4n) is 3.32. The zero-order valence-corrected chi connectivity index (χ0v) is 16.4. The number of piperidine rings is 1. The molecule has 0 bridgehead atoms. The van der Waals surface area contributed by atoms with E-state index in [2.05, 4.69) is 4.98 Å². The van der Waals surface area contributed by atoms with Gasteiger partial charge in [-0.2, -0.15) is 0 Å². The van der Waals surface area contributed by atoms with E-state index in [0.717, 1.165) is 34.4 Å². The van der Waals surface area contributed by atoms with Gasteiger partial charge in [0.25, 0.3) is 5.19 Å². The van der Waals surface area contributed by atoms with E-state index in [1.54, 1.807) is 13.2 Å². The van der Waals surface area contributed by atoms with Crippen LogP contribution in [0.15, 0.2) is 42.5 Å². The second-order valence-electron chi connectivity index (χ2n) is 6.81. The fourth-order valence-corrected chi connectivity index (χ4v) is 4.23. The van der Waals surface area contributed by atoms with Crippen molar-refractivity contribution in [1.29, 1.82) is 0 Å². The number of nitrogens with zero attached hydrogens (tertiary/aromatic N) is 2. The lowest BCUT2D eigenvalue weighted by molar-refractivity contribution is -0.132. The van der Waals surface area contributed by atoms with Gasteiger partial charge in [-0.3, -0.25) is 4.79 Å². The SMILES string of the molecule is COc1ccc(CC(=O)N2CCC(Oc3nc4ccc(F)cc4s3)CC2)cc1. The Labute approximate surface area is 166 Å². The number of methoxy groups -OCH3 is 1. The van der Waals surface area contributed by atoms with Gasteiger partial charge in [-0.1, -0.05) is 23.5 Å². The molecule has 2 aromatic carbocycles. The molecule has 1 aromatic heterocycles. The summed E-state index contributed by atoms with van der Waals surface area (Å²) in [5.41, 5.74) is 1.72. The lowest BCUT2D eigenvalue weighted by Gasteiger charge is -2.31. The van der Waals surface area contributed by atoms with E-state index in [0.29, 0.717) is 24.7 Å². The van der Waals surface area contributed by atoms with Crippen LogP contribution < -0.4 is 9.47 Å². The summed E-state index contributed by atoms with van der Waals surface area (Å²) in [5, 5.41) is 0.559. The topological polar surface area (TPSA) is 51.7 Å². The zero-order valence-electron chi connectivity index (χ0n) is 15.6. The number of benzene rings is 2. The maximum absolute atomic E-state index is 13.3. The van der Waals surface area contributed by atoms with Gasteiger partial charge in [-0.15, -0.1) is 0 Å². The van der Waals surface area contributed by atoms with Crippen LogP contribution in [0.1, 0.15) is 18.4 Å². The third-order valence-electron chi connectivity index (χ3n) is 4.91. The molecule has 0 unspecified atom stereocenters. The summed E-state index contributed by atoms with van der Waals surface area (Å²) < 4.78 is 25.2. The lowest BCUT2D eigenvalue weighted by Crippen LogP contribution is -2.42. The molecule has 1 saturated heterocycles. The molecule has 1 fully saturated rings. The van der Waals surface area contributed by atoms with E-state index in [1.165, 1.54) is 23.5 Å². The minimum Gasteiger partial charge on any atom is -0.497 e. The predicted molar refractivity (Wildman–Crippen MR) is 107 cm³/mol. The van der Waals surface area contributed by atoms with Crippen LogP contribution in [-0.4, -0.2) is 42.1 Å². The van der Waals surface area contributed by atoms with Gasteiger partial charge in [0.2, 0.25) is 5.91 Å². The van der Waals surface area contributed by atoms with Crippen LogP contribution in [-0.2, 0) is 11.2 Å². The highest BCUT2D eigenvalue weighted by Gasteiger charge is 2.24. The number of hydrogen-bond acceptors (Lipinski definition) is 5. The molecule has 1 aliphatic rings. The third-order valence-corrected chi connectivity index (χ3v) is 5.82. The largest absolute Gasteiger partial charge is 0.497 e. The minimum absolute atomic E-state index is 0.0236. The first-order valence-electron chi connectivity index (χ1n) is 9.24. The van der Waals surface area contributed by atoms with Crippen molar-refractivity contribution in [2.75, 3.05) is 20.2 Å². The molecule has 0 atom stereocenters. The van der Waals surface area contributed by atoms with E-state index in [-0.39, 0.29) is 17.8 Å². The van der Waals surface area contributed by atoms with E-state index in [4.69, 9.17) is 9.47 Å². The van der Waals surface area contributed by atoms with Crippen molar-refractivity contribution >= 4 is 27.5 Å². The number of carbonyl (C=O) groups is 1. The van der Waals surface area contributed by atoms with Crippen LogP contribution in [0.5, 0.6) is 10.9 Å². The smallest absolute Gasteiger partial charge is 0.274 e. The van der Waals surface area contributed by atoms with Crippen LogP contribution in [0.2, 0.25) is 0 Å². The molecule has 0 radical (unpaired) electrons. The van der Waals surface area contributed by atoms with Crippen LogP contribution in [0.25, 0.3) is 10.2 Å². The molecule has 146 valence electrons. The summed E-state index contributed by atoms with van der Waals surface area (Å²) >= 11 is 1.35. The van der Waals surface area contributed by atoms with Crippen molar-refractivity contribution in [3.05, 3.63) is 53.8 Å². The molecule has 28 heavy (non-hydrogen) atoms. The quantitative estimate of drug-likeness (QED) is 0.648. The Bertz CT molecular complexity index is 965. The summed E-state index contributed by atoms with van der Waals surface area (Å²) in [7, 11) is 1.62. The van der Waals surface area contributed by atoms with E-state index < -0.39 is 0 Å². The molecule has 5 nitrogen and oxygen atoms in total. The van der Waals surface area contributed by atoms with E-state index in [1.807, 2.05) is 29.2 Å². The van der Waals surface area contributed by atoms with Crippen LogP contribution >= 0.6 is 11.3 Å². The highest BCUT2D eigenvalue weighted by Crippen LogP contribution is 2.30. The summed E-state index contributed by atoms with van der Waals surface area (Å²) in [5.74, 6) is 0.636. The molecule has 4 rings (SSSR count). The molecule has 1 amide bonds. The molecular weight excluding hydrogens is 379 g/mol. The Morgan fingerprint density at radius 1 is 1.21 bits per heavy atom. The first-order valence-corrected chi connectivity index (χ1v) is 10.1. The summed E-state index contributed by atoms with van der Waals surface area (Å²) in [6.45, 7) is 1.33. The fraction of sp³-hybridized carbons (Fsp3) is 0.333. The minimum atomic E-state index is -0.272. The zero-order chi connectivity index (χ0) is 19.5. The summed E-state index contributed by atoms with van der Waals surface area (Å²) in [6, 6.07) is 12.1. The van der Waals surface area contributed by atoms with Gasteiger partial charge in [0.1, 0.15) is 17.7 Å². The number of rotatable bonds is 5. The van der Waals surface area contributed by atoms with Crippen molar-refractivity contribution in [3.63, 3.8) is 0 Å². The third kappa shape index (κ3) is 4.25. The maximum Gasteiger partial charge on any atom is 0.274 e. The van der Waals surface area contributed by atoms with Gasteiger partial charge in [-0.25, -0.2) is 9.37 Å². The number of thiazole rings is 1. The molecule has 0 N–H and O–H groups in total. The van der Waals surface area contributed by atoms with Crippen molar-refractivity contribution in [2.24, 2.45) is 0 Å². The number of carbonyl (C=O) groups excluding carboxylic acids is 1. The van der Waals surface area contributed by atoms with Gasteiger partial charge < -0.3 is 14.4 Å². The van der Waals surface area contributed by atoms with Crippen molar-refractivity contribution in [1.82, 2.24) is 9.88 Å². The molecule has 0 spiro atoms. The van der Waals surface area contributed by atoms with Gasteiger partial charge in [0, 0.05) is 25.9 Å². The van der Waals surface area contributed by atoms with Gasteiger partial charge in [0.05, 0.1) is 23.7 Å². The Kier molecular flexibility index (Phi) is 5.43. The van der Waals surface area contributed by atoms with Crippen molar-refractivity contribution < 1.29 is 18.7 Å². The average Bonchev–Trinajstić information content (AvgIpc) is 3.10. The molecule has 1 aliphatic heterocycles. The second-order valence-corrected chi connectivity index (χ2v) is 7.81. The highest BCUT2D eigenvalue weighted by molar-refractivity contribution is 7.20. The normalized spacial score (nSPS) is 15.0. The summed E-state index contributed by atoms with van der Waals surface area (Å²) in [4.78, 5) is 18.8. The van der Waals surface area contributed by atoms with Gasteiger partial charge >= 0.3 is 0 Å². The van der Waals surface area contributed by atoms with E-state index >= 15 is 0 Å². The predicted octanol–water partition coefficient (Wildman–Crippen LogP) is 4.06. The molecule has 7 heteroatoms. The number of hydrogen-bond donors (Lipinski definition) is 0. The molecule has 3 aromatic rings. The molecule has 0 saturated carbocycles. The molecule has 0 aliphatic carbocycles. The number of fused-ring (bicyclic) bond motifs is 1. The van der Waals surface area contributed by atoms with Gasteiger partial charge in [0.15, 0.2) is 0 Å². The van der Waals surface area contributed by atoms with Crippen molar-refractivity contribution in [2.45, 2.75) is 25.4 Å². The number of aromatic nitrogens is 1. The number of likely N-dealkylation sites (tertiary alicyclic amines) is 1. The Morgan fingerprint density at radius 3 is 2.68 bits per heavy atom. The Hall–Kier alpha value is -2.67. The summed E-state index contributed by atoms with van der Waals surface area (Å²) in [6.07, 6.45) is 1.94. The molecule has 2 heterocycles. The molecular formula is C21H21FN2O3S. The standard InChI is InChI=1S/C21H21FN2O3S/c1-26-16-5-2-14(3-6-16)12-20(25)24-10-8-17(9-11-24)27-21-23-18-7-4-15(22)13-19(18)28-21/h2-7,13,17H,8-12H2,1H3. The first-order chi connectivity index (χ1) is 13.6. The van der Waals surface area contributed by atoms with Crippen LogP contribution in [0, 0.1) is 5.82 Å². The maximum atomic E-state index is 13.3. The van der Waals surface area contributed by atoms with Crippen LogP contribution in [0.4, 0.5) is 4.39 Å². The van der Waals surface area contributed by atoms with Crippen molar-refractivity contribution in [3.8, 4) is 10.9 Å². The first kappa shape index (κ1) is 18.7. The monoisotopic (exact) mass is 400 g/mol. The Morgan fingerprint density at radius 2 is 1.96 bits per heavy atom. The number of amides is 1. The number of halogens is 1.